The highest BCUT2D eigenvalue weighted by Gasteiger charge is 2.60. The van der Waals surface area contributed by atoms with Crippen LogP contribution in [0.1, 0.15) is 61.5 Å². The van der Waals surface area contributed by atoms with E-state index in [-0.39, 0.29) is 30.3 Å². The van der Waals surface area contributed by atoms with Crippen LogP contribution in [0, 0.1) is 18.8 Å². The number of carbonyl (C=O) groups is 1. The first-order chi connectivity index (χ1) is 14.7. The van der Waals surface area contributed by atoms with Gasteiger partial charge in [0.1, 0.15) is 0 Å². The van der Waals surface area contributed by atoms with Crippen LogP contribution in [0.25, 0.3) is 5.65 Å². The van der Waals surface area contributed by atoms with Gasteiger partial charge in [0.15, 0.2) is 5.65 Å². The van der Waals surface area contributed by atoms with Crippen LogP contribution in [0.4, 0.5) is 18.0 Å². The molecule has 1 aliphatic heterocycles. The number of piperidine rings is 1. The lowest BCUT2D eigenvalue weighted by Gasteiger charge is -2.32. The second-order valence-electron chi connectivity index (χ2n) is 9.45. The van der Waals surface area contributed by atoms with E-state index in [1.807, 2.05) is 23.6 Å². The van der Waals surface area contributed by atoms with Crippen LogP contribution in [0.5, 0.6) is 0 Å². The van der Waals surface area contributed by atoms with Crippen molar-refractivity contribution in [1.82, 2.24) is 19.5 Å². The summed E-state index contributed by atoms with van der Waals surface area (Å²) in [4.78, 5) is 18.5. The predicted molar refractivity (Wildman–Crippen MR) is 107 cm³/mol. The van der Waals surface area contributed by atoms with Gasteiger partial charge in [0.2, 0.25) is 0 Å². The molecule has 1 saturated heterocycles. The fourth-order valence-corrected chi connectivity index (χ4v) is 5.75. The molecule has 0 unspecified atom stereocenters. The first-order valence-electron chi connectivity index (χ1n) is 11.0. The average Bonchev–Trinajstić information content (AvgIpc) is 3.34. The minimum atomic E-state index is -4.11. The molecule has 2 aromatic heterocycles. The summed E-state index contributed by atoms with van der Waals surface area (Å²) in [6.07, 6.45) is -1.21. The van der Waals surface area contributed by atoms with Crippen LogP contribution < -0.4 is 0 Å². The molecule has 0 N–H and O–H groups in total. The molecular weight excluding hydrogens is 409 g/mol. The van der Waals surface area contributed by atoms with E-state index in [1.165, 1.54) is 7.11 Å². The second-order valence-corrected chi connectivity index (χ2v) is 9.45. The lowest BCUT2D eigenvalue weighted by atomic mass is 9.80. The Hall–Kier alpha value is -2.32. The zero-order valence-electron chi connectivity index (χ0n) is 17.8. The smallest absolute Gasteiger partial charge is 0.409 e. The lowest BCUT2D eigenvalue weighted by molar-refractivity contribution is -0.182. The SMILES string of the molecule is COC(=O)N1CC[C@H]2C[C@@]2(c2cc(C)nc3cc([C@H]4CC[C@H](C(F)(F)F)CC4)nn23)C1. The first-order valence-corrected chi connectivity index (χ1v) is 11.0. The van der Waals surface area contributed by atoms with Crippen LogP contribution in [0.15, 0.2) is 12.1 Å². The number of hydrogen-bond donors (Lipinski definition) is 0. The molecule has 0 spiro atoms. The Labute approximate surface area is 178 Å². The van der Waals surface area contributed by atoms with Crippen molar-refractivity contribution in [2.75, 3.05) is 20.2 Å². The first kappa shape index (κ1) is 20.6. The molecule has 9 heteroatoms. The number of halogens is 3. The van der Waals surface area contributed by atoms with E-state index in [0.29, 0.717) is 31.8 Å². The van der Waals surface area contributed by atoms with E-state index in [0.717, 1.165) is 35.6 Å². The van der Waals surface area contributed by atoms with Crippen LogP contribution in [-0.2, 0) is 10.2 Å². The van der Waals surface area contributed by atoms with Gasteiger partial charge >= 0.3 is 12.3 Å². The van der Waals surface area contributed by atoms with Gasteiger partial charge in [-0.15, -0.1) is 0 Å². The standard InChI is InChI=1S/C22H27F3N4O2/c1-13-9-18(21-11-16(21)7-8-28(12-21)20(30)31-2)29-19(26-13)10-17(27-29)14-3-5-15(6-4-14)22(23,24)25/h9-10,14-16H,3-8,11-12H2,1-2H3/t14-,15-,16-,21+/m0/s1. The number of likely N-dealkylation sites (tertiary alicyclic amines) is 1. The molecule has 5 rings (SSSR count). The van der Waals surface area contributed by atoms with Crippen LogP contribution in [-0.4, -0.2) is 52.0 Å². The highest BCUT2D eigenvalue weighted by Crippen LogP contribution is 2.58. The Kier molecular flexibility index (Phi) is 4.71. The van der Waals surface area contributed by atoms with Crippen LogP contribution in [0.3, 0.4) is 0 Å². The summed E-state index contributed by atoms with van der Waals surface area (Å²) in [7, 11) is 1.40. The van der Waals surface area contributed by atoms with Crippen molar-refractivity contribution in [2.45, 2.75) is 63.0 Å². The van der Waals surface area contributed by atoms with E-state index >= 15 is 0 Å². The fraction of sp³-hybridized carbons (Fsp3) is 0.682. The molecule has 2 atom stereocenters. The Morgan fingerprint density at radius 3 is 2.61 bits per heavy atom. The van der Waals surface area contributed by atoms with Crippen molar-refractivity contribution in [1.29, 1.82) is 0 Å². The topological polar surface area (TPSA) is 59.7 Å². The zero-order valence-corrected chi connectivity index (χ0v) is 17.8. The molecule has 3 heterocycles. The molecule has 2 aromatic rings. The third-order valence-corrected chi connectivity index (χ3v) is 7.58. The number of methoxy groups -OCH3 is 1. The summed E-state index contributed by atoms with van der Waals surface area (Å²) in [5.74, 6) is -0.679. The molecule has 2 aliphatic carbocycles. The summed E-state index contributed by atoms with van der Waals surface area (Å²) < 4.78 is 45.9. The van der Waals surface area contributed by atoms with Gasteiger partial charge in [-0.05, 0) is 57.4 Å². The van der Waals surface area contributed by atoms with E-state index in [2.05, 4.69) is 4.98 Å². The van der Waals surface area contributed by atoms with E-state index < -0.39 is 12.1 Å². The molecule has 168 valence electrons. The van der Waals surface area contributed by atoms with Gasteiger partial charge in [-0.25, -0.2) is 14.3 Å². The van der Waals surface area contributed by atoms with Crippen molar-refractivity contribution in [2.24, 2.45) is 11.8 Å². The van der Waals surface area contributed by atoms with Crippen molar-refractivity contribution in [3.63, 3.8) is 0 Å². The van der Waals surface area contributed by atoms with Crippen molar-refractivity contribution in [3.8, 4) is 0 Å². The van der Waals surface area contributed by atoms with Gasteiger partial charge in [-0.1, -0.05) is 0 Å². The summed E-state index contributed by atoms with van der Waals surface area (Å²) in [5, 5.41) is 4.84. The summed E-state index contributed by atoms with van der Waals surface area (Å²) in [6.45, 7) is 3.23. The van der Waals surface area contributed by atoms with E-state index in [1.54, 1.807) is 4.90 Å². The molecule has 6 nitrogen and oxygen atoms in total. The molecule has 0 radical (unpaired) electrons. The fourth-order valence-electron chi connectivity index (χ4n) is 5.75. The van der Waals surface area contributed by atoms with E-state index in [9.17, 15) is 18.0 Å². The van der Waals surface area contributed by atoms with Crippen molar-refractivity contribution < 1.29 is 22.7 Å². The van der Waals surface area contributed by atoms with Crippen LogP contribution >= 0.6 is 0 Å². The average molecular weight is 436 g/mol. The molecule has 3 aliphatic rings. The Morgan fingerprint density at radius 2 is 1.94 bits per heavy atom. The van der Waals surface area contributed by atoms with Gasteiger partial charge in [-0.3, -0.25) is 0 Å². The number of aryl methyl sites for hydroxylation is 1. The highest BCUT2D eigenvalue weighted by molar-refractivity contribution is 5.68. The molecule has 31 heavy (non-hydrogen) atoms. The van der Waals surface area contributed by atoms with Gasteiger partial charge in [-0.2, -0.15) is 18.3 Å². The number of hydrogen-bond acceptors (Lipinski definition) is 4. The minimum Gasteiger partial charge on any atom is -0.453 e. The second kappa shape index (κ2) is 7.10. The lowest BCUT2D eigenvalue weighted by Crippen LogP contribution is -2.43. The summed E-state index contributed by atoms with van der Waals surface area (Å²) in [5.41, 5.74) is 3.33. The predicted octanol–water partition coefficient (Wildman–Crippen LogP) is 4.60. The highest BCUT2D eigenvalue weighted by atomic mass is 19.4. The monoisotopic (exact) mass is 436 g/mol. The molecule has 2 saturated carbocycles. The Morgan fingerprint density at radius 1 is 1.19 bits per heavy atom. The number of amides is 1. The quantitative estimate of drug-likeness (QED) is 0.690. The van der Waals surface area contributed by atoms with Crippen LogP contribution in [0.2, 0.25) is 0 Å². The molecule has 0 aromatic carbocycles. The molecule has 3 fully saturated rings. The maximum absolute atomic E-state index is 13.0. The summed E-state index contributed by atoms with van der Waals surface area (Å²) in [6, 6.07) is 3.98. The number of rotatable bonds is 2. The maximum Gasteiger partial charge on any atom is 0.409 e. The third kappa shape index (κ3) is 3.46. The van der Waals surface area contributed by atoms with Gasteiger partial charge in [0, 0.05) is 36.2 Å². The molecule has 0 bridgehead atoms. The van der Waals surface area contributed by atoms with Crippen molar-refractivity contribution >= 4 is 11.7 Å². The number of fused-ring (bicyclic) bond motifs is 2. The van der Waals surface area contributed by atoms with Crippen molar-refractivity contribution in [3.05, 3.63) is 29.2 Å². The molecular formula is C22H27F3N4O2. The Bertz CT molecular complexity index is 1010. The normalized spacial score (nSPS) is 30.9. The van der Waals surface area contributed by atoms with E-state index in [4.69, 9.17) is 9.84 Å². The Balaban J connectivity index is 1.45. The number of alkyl halides is 3. The number of ether oxygens (including phenoxy) is 1. The maximum atomic E-state index is 13.0. The number of carbonyl (C=O) groups excluding carboxylic acids is 1. The zero-order chi connectivity index (χ0) is 22.0. The third-order valence-electron chi connectivity index (χ3n) is 7.58. The summed E-state index contributed by atoms with van der Waals surface area (Å²) >= 11 is 0. The minimum absolute atomic E-state index is 0.0267. The molecule has 1 amide bonds. The number of aromatic nitrogens is 3. The van der Waals surface area contributed by atoms with Gasteiger partial charge in [0.05, 0.1) is 24.4 Å². The largest absolute Gasteiger partial charge is 0.453 e. The number of nitrogens with zero attached hydrogens (tertiary/aromatic N) is 4. The van der Waals surface area contributed by atoms with Gasteiger partial charge in [0.25, 0.3) is 0 Å². The van der Waals surface area contributed by atoms with Gasteiger partial charge < -0.3 is 9.64 Å².